The monoisotopic (exact) mass is 326 g/mol. The maximum Gasteiger partial charge on any atom is 0.187 e. The Morgan fingerprint density at radius 3 is 2.05 bits per heavy atom. The maximum atomic E-state index is 9.92. The van der Waals surface area contributed by atoms with Gasteiger partial charge in [0.2, 0.25) is 0 Å². The molecule has 0 radical (unpaired) electrons. The lowest BCUT2D eigenvalue weighted by Crippen LogP contribution is -2.62. The molecule has 0 aliphatic carbocycles. The molecule has 2 aliphatic heterocycles. The van der Waals surface area contributed by atoms with Crippen molar-refractivity contribution in [3.63, 3.8) is 0 Å². The topological polar surface area (TPSA) is 169 Å². The van der Waals surface area contributed by atoms with Crippen molar-refractivity contribution in [2.75, 3.05) is 13.2 Å². The first kappa shape index (κ1) is 17.9. The van der Waals surface area contributed by atoms with Gasteiger partial charge in [0.15, 0.2) is 12.6 Å². The minimum Gasteiger partial charge on any atom is -0.394 e. The summed E-state index contributed by atoms with van der Waals surface area (Å²) >= 11 is 0. The van der Waals surface area contributed by atoms with E-state index < -0.39 is 68.5 Å². The quantitative estimate of drug-likeness (QED) is 0.268. The fourth-order valence-electron chi connectivity index (χ4n) is 2.58. The second-order valence-corrected chi connectivity index (χ2v) is 5.41. The summed E-state index contributed by atoms with van der Waals surface area (Å²) in [5.41, 5.74) is 0. The van der Waals surface area contributed by atoms with Crippen LogP contribution in [-0.2, 0) is 14.2 Å². The van der Waals surface area contributed by atoms with Gasteiger partial charge in [-0.05, 0) is 0 Å². The SMILES string of the molecule is OC[C@@H]1O[C@H](O[C@@H]2[C@@H](O)C[C@@H](O)O[C@@H]2CO)[C@@H](O)[C@H](O)[C@H]1O. The van der Waals surface area contributed by atoms with E-state index in [4.69, 9.17) is 19.3 Å². The zero-order valence-electron chi connectivity index (χ0n) is 11.7. The Balaban J connectivity index is 2.07. The van der Waals surface area contributed by atoms with Gasteiger partial charge in [-0.25, -0.2) is 0 Å². The van der Waals surface area contributed by atoms with Crippen molar-refractivity contribution < 1.29 is 50.0 Å². The molecule has 7 N–H and O–H groups in total. The molecule has 0 unspecified atom stereocenters. The van der Waals surface area contributed by atoms with Gasteiger partial charge in [0.25, 0.3) is 0 Å². The lowest BCUT2D eigenvalue weighted by Gasteiger charge is -2.44. The average Bonchev–Trinajstić information content (AvgIpc) is 2.49. The summed E-state index contributed by atoms with van der Waals surface area (Å²) < 4.78 is 15.5. The summed E-state index contributed by atoms with van der Waals surface area (Å²) in [6.45, 7) is -1.17. The van der Waals surface area contributed by atoms with E-state index in [-0.39, 0.29) is 6.42 Å². The molecule has 130 valence electrons. The Hall–Kier alpha value is -0.400. The van der Waals surface area contributed by atoms with Crippen LogP contribution in [-0.4, -0.2) is 104 Å². The minimum absolute atomic E-state index is 0.168. The highest BCUT2D eigenvalue weighted by molar-refractivity contribution is 4.91. The van der Waals surface area contributed by atoms with Crippen molar-refractivity contribution in [1.82, 2.24) is 0 Å². The fraction of sp³-hybridized carbons (Fsp3) is 1.00. The zero-order valence-corrected chi connectivity index (χ0v) is 11.7. The van der Waals surface area contributed by atoms with Gasteiger partial charge in [0.1, 0.15) is 36.6 Å². The Bertz CT molecular complexity index is 353. The minimum atomic E-state index is -1.63. The molecule has 2 saturated heterocycles. The van der Waals surface area contributed by atoms with E-state index in [0.717, 1.165) is 0 Å². The first-order valence-corrected chi connectivity index (χ1v) is 6.97. The van der Waals surface area contributed by atoms with Gasteiger partial charge in [-0.3, -0.25) is 0 Å². The van der Waals surface area contributed by atoms with Crippen molar-refractivity contribution in [1.29, 1.82) is 0 Å². The molecule has 0 saturated carbocycles. The Labute approximate surface area is 126 Å². The molecule has 2 fully saturated rings. The van der Waals surface area contributed by atoms with E-state index in [0.29, 0.717) is 0 Å². The molecule has 0 aromatic carbocycles. The smallest absolute Gasteiger partial charge is 0.187 e. The first-order chi connectivity index (χ1) is 10.4. The third kappa shape index (κ3) is 3.57. The first-order valence-electron chi connectivity index (χ1n) is 6.97. The maximum absolute atomic E-state index is 9.92. The molecular weight excluding hydrogens is 304 g/mol. The van der Waals surface area contributed by atoms with Gasteiger partial charge in [-0.2, -0.15) is 0 Å². The van der Waals surface area contributed by atoms with Crippen LogP contribution >= 0.6 is 0 Å². The highest BCUT2D eigenvalue weighted by Gasteiger charge is 2.47. The number of aliphatic hydroxyl groups excluding tert-OH is 7. The Morgan fingerprint density at radius 2 is 1.45 bits per heavy atom. The molecule has 10 nitrogen and oxygen atoms in total. The summed E-state index contributed by atoms with van der Waals surface area (Å²) in [7, 11) is 0. The number of ether oxygens (including phenoxy) is 3. The van der Waals surface area contributed by atoms with Crippen LogP contribution in [0.2, 0.25) is 0 Å². The van der Waals surface area contributed by atoms with Gasteiger partial charge in [0.05, 0.1) is 19.3 Å². The predicted octanol–water partition coefficient (Wildman–Crippen LogP) is -4.37. The molecule has 0 aromatic heterocycles. The summed E-state index contributed by atoms with van der Waals surface area (Å²) in [5, 5.41) is 66.8. The van der Waals surface area contributed by atoms with Crippen LogP contribution in [0.5, 0.6) is 0 Å². The molecule has 2 heterocycles. The molecule has 2 rings (SSSR count). The van der Waals surface area contributed by atoms with Crippen LogP contribution in [0.3, 0.4) is 0 Å². The molecule has 2 aliphatic rings. The van der Waals surface area contributed by atoms with Crippen molar-refractivity contribution in [3.8, 4) is 0 Å². The van der Waals surface area contributed by atoms with Crippen molar-refractivity contribution in [2.24, 2.45) is 0 Å². The van der Waals surface area contributed by atoms with Crippen LogP contribution in [0.4, 0.5) is 0 Å². The number of hydrogen-bond acceptors (Lipinski definition) is 10. The normalized spacial score (nSPS) is 50.0. The van der Waals surface area contributed by atoms with E-state index in [9.17, 15) is 30.6 Å². The standard InChI is InChI=1S/C12H22O10/c13-2-5-8(17)9(18)10(19)12(21-5)22-11-4(15)1-7(16)20-6(11)3-14/h4-19H,1-3H2/t4-,5-,6+,7-,8-,9+,10-,11+,12+/m0/s1. The third-order valence-corrected chi connectivity index (χ3v) is 3.84. The largest absolute Gasteiger partial charge is 0.394 e. The molecule has 0 spiro atoms. The lowest BCUT2D eigenvalue weighted by molar-refractivity contribution is -0.342. The van der Waals surface area contributed by atoms with Gasteiger partial charge in [0, 0.05) is 6.42 Å². The summed E-state index contributed by atoms with van der Waals surface area (Å²) in [5.74, 6) is 0. The number of hydrogen-bond donors (Lipinski definition) is 7. The van der Waals surface area contributed by atoms with E-state index in [2.05, 4.69) is 0 Å². The number of rotatable bonds is 4. The zero-order chi connectivity index (χ0) is 16.4. The molecule has 0 aromatic rings. The van der Waals surface area contributed by atoms with Gasteiger partial charge in [-0.1, -0.05) is 0 Å². The molecule has 0 amide bonds. The van der Waals surface area contributed by atoms with Gasteiger partial charge >= 0.3 is 0 Å². The van der Waals surface area contributed by atoms with Gasteiger partial charge < -0.3 is 50.0 Å². The van der Waals surface area contributed by atoms with E-state index in [1.54, 1.807) is 0 Å². The lowest BCUT2D eigenvalue weighted by atomic mass is 9.98. The predicted molar refractivity (Wildman–Crippen MR) is 67.2 cm³/mol. The Morgan fingerprint density at radius 1 is 0.818 bits per heavy atom. The van der Waals surface area contributed by atoms with Crippen molar-refractivity contribution in [3.05, 3.63) is 0 Å². The average molecular weight is 326 g/mol. The molecule has 10 heteroatoms. The van der Waals surface area contributed by atoms with Gasteiger partial charge in [-0.15, -0.1) is 0 Å². The molecular formula is C12H22O10. The van der Waals surface area contributed by atoms with Crippen LogP contribution in [0.1, 0.15) is 6.42 Å². The summed E-state index contributed by atoms with van der Waals surface area (Å²) in [6.07, 6.45) is -12.2. The van der Waals surface area contributed by atoms with E-state index in [1.807, 2.05) is 0 Å². The van der Waals surface area contributed by atoms with Crippen molar-refractivity contribution in [2.45, 2.75) is 61.7 Å². The molecule has 22 heavy (non-hydrogen) atoms. The van der Waals surface area contributed by atoms with Crippen LogP contribution in [0.15, 0.2) is 0 Å². The Kier molecular flexibility index (Phi) is 6.07. The van der Waals surface area contributed by atoms with Crippen molar-refractivity contribution >= 4 is 0 Å². The van der Waals surface area contributed by atoms with Crippen LogP contribution in [0, 0.1) is 0 Å². The van der Waals surface area contributed by atoms with E-state index >= 15 is 0 Å². The fourth-order valence-corrected chi connectivity index (χ4v) is 2.58. The second kappa shape index (κ2) is 7.45. The highest BCUT2D eigenvalue weighted by Crippen LogP contribution is 2.28. The van der Waals surface area contributed by atoms with Crippen LogP contribution < -0.4 is 0 Å². The summed E-state index contributed by atoms with van der Waals surface area (Å²) in [6, 6.07) is 0. The highest BCUT2D eigenvalue weighted by atomic mass is 16.7. The molecule has 9 atom stereocenters. The third-order valence-electron chi connectivity index (χ3n) is 3.84. The van der Waals surface area contributed by atoms with E-state index in [1.165, 1.54) is 0 Å². The van der Waals surface area contributed by atoms with Crippen LogP contribution in [0.25, 0.3) is 0 Å². The molecule has 0 bridgehead atoms. The second-order valence-electron chi connectivity index (χ2n) is 5.41. The number of aliphatic hydroxyl groups is 7. The summed E-state index contributed by atoms with van der Waals surface area (Å²) in [4.78, 5) is 0.